The van der Waals surface area contributed by atoms with Crippen molar-refractivity contribution in [3.05, 3.63) is 34.9 Å². The van der Waals surface area contributed by atoms with E-state index in [1.54, 1.807) is 21.9 Å². The van der Waals surface area contributed by atoms with Gasteiger partial charge in [-0.1, -0.05) is 23.7 Å². The van der Waals surface area contributed by atoms with Crippen LogP contribution in [0.4, 0.5) is 4.79 Å². The number of carbonyl (C=O) groups excluding carboxylic acids is 2. The summed E-state index contributed by atoms with van der Waals surface area (Å²) in [7, 11) is 0. The van der Waals surface area contributed by atoms with Crippen LogP contribution in [-0.4, -0.2) is 65.5 Å². The largest absolute Gasteiger partial charge is 0.481 e. The zero-order valence-electron chi connectivity index (χ0n) is 13.2. The third-order valence-corrected chi connectivity index (χ3v) is 4.06. The Labute approximate surface area is 145 Å². The molecule has 1 aromatic rings. The number of halogens is 1. The van der Waals surface area contributed by atoms with Crippen LogP contribution in [0.25, 0.3) is 0 Å². The maximum atomic E-state index is 12.3. The number of piperazine rings is 1. The molecule has 8 heteroatoms. The SMILES string of the molecule is O=C(O)CCNC(=O)N1CCN(C(=O)Cc2ccc(Cl)cc2)CC1. The number of carboxylic acid groups (broad SMARTS) is 1. The van der Waals surface area contributed by atoms with E-state index in [1.165, 1.54) is 0 Å². The summed E-state index contributed by atoms with van der Waals surface area (Å²) in [4.78, 5) is 37.9. The number of rotatable bonds is 5. The lowest BCUT2D eigenvalue weighted by molar-refractivity contribution is -0.137. The van der Waals surface area contributed by atoms with E-state index in [1.807, 2.05) is 12.1 Å². The van der Waals surface area contributed by atoms with Gasteiger partial charge in [-0.15, -0.1) is 0 Å². The van der Waals surface area contributed by atoms with Gasteiger partial charge in [-0.3, -0.25) is 9.59 Å². The average molecular weight is 354 g/mol. The lowest BCUT2D eigenvalue weighted by Gasteiger charge is -2.34. The van der Waals surface area contributed by atoms with Crippen molar-refractivity contribution in [2.24, 2.45) is 0 Å². The smallest absolute Gasteiger partial charge is 0.317 e. The summed E-state index contributed by atoms with van der Waals surface area (Å²) in [5, 5.41) is 11.7. The van der Waals surface area contributed by atoms with Crippen LogP contribution < -0.4 is 5.32 Å². The molecule has 2 N–H and O–H groups in total. The standard InChI is InChI=1S/C16H20ClN3O4/c17-13-3-1-12(2-4-13)11-14(21)19-7-9-20(10-8-19)16(24)18-6-5-15(22)23/h1-4H,5-11H2,(H,18,24)(H,22,23). The minimum atomic E-state index is -0.951. The van der Waals surface area contributed by atoms with Crippen LogP contribution in [0.15, 0.2) is 24.3 Å². The maximum Gasteiger partial charge on any atom is 0.317 e. The summed E-state index contributed by atoms with van der Waals surface area (Å²) >= 11 is 5.82. The number of hydrogen-bond donors (Lipinski definition) is 2. The van der Waals surface area contributed by atoms with Crippen LogP contribution in [0.2, 0.25) is 5.02 Å². The molecule has 1 saturated heterocycles. The number of carboxylic acids is 1. The summed E-state index contributed by atoms with van der Waals surface area (Å²) in [6.07, 6.45) is 0.202. The van der Waals surface area contributed by atoms with Gasteiger partial charge >= 0.3 is 12.0 Å². The summed E-state index contributed by atoms with van der Waals surface area (Å²) in [6, 6.07) is 6.87. The van der Waals surface area contributed by atoms with Crippen LogP contribution >= 0.6 is 11.6 Å². The molecule has 2 rings (SSSR count). The van der Waals surface area contributed by atoms with Crippen LogP contribution in [0.1, 0.15) is 12.0 Å². The maximum absolute atomic E-state index is 12.3. The molecule has 0 unspecified atom stereocenters. The Kier molecular flexibility index (Phi) is 6.43. The summed E-state index contributed by atoms with van der Waals surface area (Å²) in [5.74, 6) is -0.934. The molecule has 1 heterocycles. The van der Waals surface area contributed by atoms with Gasteiger partial charge in [0, 0.05) is 37.7 Å². The zero-order valence-corrected chi connectivity index (χ0v) is 14.0. The van der Waals surface area contributed by atoms with Crippen molar-refractivity contribution in [2.75, 3.05) is 32.7 Å². The van der Waals surface area contributed by atoms with Gasteiger partial charge in [0.15, 0.2) is 0 Å². The van der Waals surface area contributed by atoms with E-state index >= 15 is 0 Å². The molecule has 1 aliphatic rings. The molecule has 0 atom stereocenters. The number of amides is 3. The highest BCUT2D eigenvalue weighted by Gasteiger charge is 2.24. The Morgan fingerprint density at radius 3 is 2.21 bits per heavy atom. The van der Waals surface area contributed by atoms with Gasteiger partial charge in [-0.2, -0.15) is 0 Å². The summed E-state index contributed by atoms with van der Waals surface area (Å²) in [6.45, 7) is 1.91. The molecule has 24 heavy (non-hydrogen) atoms. The number of benzene rings is 1. The summed E-state index contributed by atoms with van der Waals surface area (Å²) < 4.78 is 0. The normalized spacial score (nSPS) is 14.4. The quantitative estimate of drug-likeness (QED) is 0.832. The molecule has 0 spiro atoms. The Morgan fingerprint density at radius 1 is 1.04 bits per heavy atom. The highest BCUT2D eigenvalue weighted by atomic mass is 35.5. The molecular formula is C16H20ClN3O4. The first-order valence-corrected chi connectivity index (χ1v) is 8.10. The minimum Gasteiger partial charge on any atom is -0.481 e. The monoisotopic (exact) mass is 353 g/mol. The fourth-order valence-corrected chi connectivity index (χ4v) is 2.56. The lowest BCUT2D eigenvalue weighted by Crippen LogP contribution is -2.53. The van der Waals surface area contributed by atoms with E-state index in [0.29, 0.717) is 37.6 Å². The fourth-order valence-electron chi connectivity index (χ4n) is 2.44. The number of nitrogens with one attached hydrogen (secondary N) is 1. The minimum absolute atomic E-state index is 0.0169. The van der Waals surface area contributed by atoms with Crippen molar-refractivity contribution in [1.82, 2.24) is 15.1 Å². The Bertz CT molecular complexity index is 598. The first kappa shape index (κ1) is 18.1. The van der Waals surface area contributed by atoms with E-state index in [9.17, 15) is 14.4 Å². The van der Waals surface area contributed by atoms with Crippen molar-refractivity contribution in [2.45, 2.75) is 12.8 Å². The van der Waals surface area contributed by atoms with Gasteiger partial charge in [0.2, 0.25) is 5.91 Å². The fraction of sp³-hybridized carbons (Fsp3) is 0.438. The molecule has 130 valence electrons. The predicted octanol–water partition coefficient (Wildman–Crippen LogP) is 1.21. The van der Waals surface area contributed by atoms with Crippen molar-refractivity contribution in [3.63, 3.8) is 0 Å². The first-order valence-electron chi connectivity index (χ1n) is 7.72. The van der Waals surface area contributed by atoms with Crippen molar-refractivity contribution < 1.29 is 19.5 Å². The molecule has 0 saturated carbocycles. The van der Waals surface area contributed by atoms with Crippen LogP contribution in [0, 0.1) is 0 Å². The molecule has 1 aromatic carbocycles. The molecule has 3 amide bonds. The van der Waals surface area contributed by atoms with E-state index in [4.69, 9.17) is 16.7 Å². The van der Waals surface area contributed by atoms with Gasteiger partial charge in [0.05, 0.1) is 12.8 Å². The molecule has 0 aromatic heterocycles. The van der Waals surface area contributed by atoms with Gasteiger partial charge in [-0.25, -0.2) is 4.79 Å². The van der Waals surface area contributed by atoms with E-state index in [-0.39, 0.29) is 24.9 Å². The molecule has 1 fully saturated rings. The average Bonchev–Trinajstić information content (AvgIpc) is 2.56. The van der Waals surface area contributed by atoms with Gasteiger partial charge in [0.1, 0.15) is 0 Å². The second-order valence-corrected chi connectivity index (χ2v) is 5.98. The number of urea groups is 1. The Balaban J connectivity index is 1.75. The summed E-state index contributed by atoms with van der Waals surface area (Å²) in [5.41, 5.74) is 0.901. The first-order chi connectivity index (χ1) is 11.5. The van der Waals surface area contributed by atoms with E-state index < -0.39 is 5.97 Å². The highest BCUT2D eigenvalue weighted by Crippen LogP contribution is 2.12. The second kappa shape index (κ2) is 8.54. The van der Waals surface area contributed by atoms with E-state index in [2.05, 4.69) is 5.32 Å². The number of aliphatic carboxylic acids is 1. The predicted molar refractivity (Wildman–Crippen MR) is 89.0 cm³/mol. The molecule has 1 aliphatic heterocycles. The number of nitrogens with zero attached hydrogens (tertiary/aromatic N) is 2. The molecule has 7 nitrogen and oxygen atoms in total. The van der Waals surface area contributed by atoms with Crippen LogP contribution in [0.5, 0.6) is 0 Å². The third-order valence-electron chi connectivity index (χ3n) is 3.80. The molecule has 0 aliphatic carbocycles. The van der Waals surface area contributed by atoms with E-state index in [0.717, 1.165) is 5.56 Å². The molecule has 0 bridgehead atoms. The van der Waals surface area contributed by atoms with Gasteiger partial charge < -0.3 is 20.2 Å². The Morgan fingerprint density at radius 2 is 1.62 bits per heavy atom. The van der Waals surface area contributed by atoms with Crippen LogP contribution in [-0.2, 0) is 16.0 Å². The van der Waals surface area contributed by atoms with Crippen molar-refractivity contribution >= 4 is 29.5 Å². The third kappa shape index (κ3) is 5.42. The zero-order chi connectivity index (χ0) is 17.5. The Hall–Kier alpha value is -2.28. The lowest BCUT2D eigenvalue weighted by atomic mass is 10.1. The van der Waals surface area contributed by atoms with Gasteiger partial charge in [0.25, 0.3) is 0 Å². The van der Waals surface area contributed by atoms with Crippen molar-refractivity contribution in [1.29, 1.82) is 0 Å². The molecule has 0 radical (unpaired) electrons. The topological polar surface area (TPSA) is 89.9 Å². The van der Waals surface area contributed by atoms with Gasteiger partial charge in [-0.05, 0) is 17.7 Å². The highest BCUT2D eigenvalue weighted by molar-refractivity contribution is 6.30. The second-order valence-electron chi connectivity index (χ2n) is 5.55. The number of hydrogen-bond acceptors (Lipinski definition) is 3. The van der Waals surface area contributed by atoms with Crippen molar-refractivity contribution in [3.8, 4) is 0 Å². The van der Waals surface area contributed by atoms with Crippen LogP contribution in [0.3, 0.4) is 0 Å². The molecular weight excluding hydrogens is 334 g/mol. The number of carbonyl (C=O) groups is 3.